The van der Waals surface area contributed by atoms with E-state index >= 15 is 0 Å². The standard InChI is InChI=1S/C8H15N3.ClH/c1-4-11-7(2)8(5-9-3)6-10-11;/h6,9H,4-5H2,1-3H3;1H. The van der Waals surface area contributed by atoms with Gasteiger partial charge in [0.05, 0.1) is 6.20 Å². The van der Waals surface area contributed by atoms with Gasteiger partial charge < -0.3 is 5.32 Å². The molecule has 12 heavy (non-hydrogen) atoms. The summed E-state index contributed by atoms with van der Waals surface area (Å²) in [5.74, 6) is 0. The van der Waals surface area contributed by atoms with Crippen molar-refractivity contribution in [3.63, 3.8) is 0 Å². The lowest BCUT2D eigenvalue weighted by Gasteiger charge is -2.00. The van der Waals surface area contributed by atoms with Gasteiger partial charge in [-0.3, -0.25) is 4.68 Å². The number of nitrogens with one attached hydrogen (secondary N) is 1. The molecule has 0 atom stereocenters. The molecule has 0 fully saturated rings. The molecule has 0 amide bonds. The summed E-state index contributed by atoms with van der Waals surface area (Å²) < 4.78 is 2.01. The second-order valence-corrected chi connectivity index (χ2v) is 2.60. The highest BCUT2D eigenvalue weighted by atomic mass is 35.5. The molecule has 0 aliphatic carbocycles. The maximum Gasteiger partial charge on any atom is 0.0537 e. The van der Waals surface area contributed by atoms with Crippen LogP contribution in [0.5, 0.6) is 0 Å². The van der Waals surface area contributed by atoms with Crippen LogP contribution in [0, 0.1) is 6.92 Å². The fourth-order valence-electron chi connectivity index (χ4n) is 1.17. The average Bonchev–Trinajstić information content (AvgIpc) is 2.34. The van der Waals surface area contributed by atoms with E-state index in [9.17, 15) is 0 Å². The SMILES string of the molecule is CCn1ncc(CNC)c1C.Cl. The van der Waals surface area contributed by atoms with Crippen molar-refractivity contribution in [2.24, 2.45) is 0 Å². The lowest BCUT2D eigenvalue weighted by molar-refractivity contribution is 0.637. The van der Waals surface area contributed by atoms with E-state index in [0.29, 0.717) is 0 Å². The molecule has 1 heterocycles. The maximum absolute atomic E-state index is 4.23. The fourth-order valence-corrected chi connectivity index (χ4v) is 1.17. The molecule has 1 aromatic rings. The fraction of sp³-hybridized carbons (Fsp3) is 0.625. The Morgan fingerprint density at radius 3 is 2.67 bits per heavy atom. The molecule has 1 aromatic heterocycles. The summed E-state index contributed by atoms with van der Waals surface area (Å²) in [6.07, 6.45) is 1.93. The van der Waals surface area contributed by atoms with Gasteiger partial charge in [0.25, 0.3) is 0 Å². The highest BCUT2D eigenvalue weighted by Gasteiger charge is 2.02. The van der Waals surface area contributed by atoms with Crippen molar-refractivity contribution < 1.29 is 0 Å². The monoisotopic (exact) mass is 189 g/mol. The molecule has 0 aliphatic rings. The Morgan fingerprint density at radius 2 is 2.25 bits per heavy atom. The molecule has 1 rings (SSSR count). The third-order valence-electron chi connectivity index (χ3n) is 1.87. The minimum atomic E-state index is 0. The number of nitrogens with zero attached hydrogens (tertiary/aromatic N) is 2. The van der Waals surface area contributed by atoms with E-state index < -0.39 is 0 Å². The Bertz CT molecular complexity index is 232. The second-order valence-electron chi connectivity index (χ2n) is 2.60. The molecule has 70 valence electrons. The number of halogens is 1. The predicted octanol–water partition coefficient (Wildman–Crippen LogP) is 1.35. The first-order chi connectivity index (χ1) is 5.29. The van der Waals surface area contributed by atoms with Crippen molar-refractivity contribution in [3.05, 3.63) is 17.5 Å². The van der Waals surface area contributed by atoms with Gasteiger partial charge in [-0.2, -0.15) is 5.10 Å². The van der Waals surface area contributed by atoms with Gasteiger partial charge in [0, 0.05) is 24.3 Å². The van der Waals surface area contributed by atoms with Crippen LogP contribution in [-0.4, -0.2) is 16.8 Å². The molecule has 0 unspecified atom stereocenters. The van der Waals surface area contributed by atoms with Crippen LogP contribution in [0.4, 0.5) is 0 Å². The molecule has 0 spiro atoms. The molecule has 0 radical (unpaired) electrons. The summed E-state index contributed by atoms with van der Waals surface area (Å²) in [5.41, 5.74) is 2.55. The first kappa shape index (κ1) is 11.5. The van der Waals surface area contributed by atoms with Crippen molar-refractivity contribution in [3.8, 4) is 0 Å². The van der Waals surface area contributed by atoms with E-state index in [0.717, 1.165) is 13.1 Å². The summed E-state index contributed by atoms with van der Waals surface area (Å²) in [7, 11) is 1.95. The quantitative estimate of drug-likeness (QED) is 0.778. The van der Waals surface area contributed by atoms with Gasteiger partial charge in [0.1, 0.15) is 0 Å². The lowest BCUT2D eigenvalue weighted by atomic mass is 10.2. The number of aryl methyl sites for hydroxylation is 1. The van der Waals surface area contributed by atoms with Crippen molar-refractivity contribution in [1.82, 2.24) is 15.1 Å². The van der Waals surface area contributed by atoms with E-state index in [1.54, 1.807) is 0 Å². The molecular weight excluding hydrogens is 174 g/mol. The first-order valence-electron chi connectivity index (χ1n) is 3.95. The van der Waals surface area contributed by atoms with E-state index in [-0.39, 0.29) is 12.4 Å². The smallest absolute Gasteiger partial charge is 0.0537 e. The summed E-state index contributed by atoms with van der Waals surface area (Å²) in [6, 6.07) is 0. The number of hydrogen-bond acceptors (Lipinski definition) is 2. The van der Waals surface area contributed by atoms with Crippen LogP contribution >= 0.6 is 12.4 Å². The normalized spacial score (nSPS) is 9.58. The molecule has 0 aliphatic heterocycles. The van der Waals surface area contributed by atoms with Crippen LogP contribution in [0.25, 0.3) is 0 Å². The third-order valence-corrected chi connectivity index (χ3v) is 1.87. The third kappa shape index (κ3) is 2.22. The summed E-state index contributed by atoms with van der Waals surface area (Å²) in [5, 5.41) is 7.34. The lowest BCUT2D eigenvalue weighted by Crippen LogP contribution is -2.06. The summed E-state index contributed by atoms with van der Waals surface area (Å²) in [4.78, 5) is 0. The van der Waals surface area contributed by atoms with Crippen molar-refractivity contribution in [1.29, 1.82) is 0 Å². The Kier molecular flexibility index (Phi) is 4.93. The molecule has 1 N–H and O–H groups in total. The second kappa shape index (κ2) is 5.17. The highest BCUT2D eigenvalue weighted by Crippen LogP contribution is 2.05. The number of aromatic nitrogens is 2. The molecule has 3 nitrogen and oxygen atoms in total. The minimum absolute atomic E-state index is 0. The zero-order valence-electron chi connectivity index (χ0n) is 7.79. The summed E-state index contributed by atoms with van der Waals surface area (Å²) in [6.45, 7) is 6.06. The molecule has 0 saturated carbocycles. The highest BCUT2D eigenvalue weighted by molar-refractivity contribution is 5.85. The van der Waals surface area contributed by atoms with Gasteiger partial charge in [-0.1, -0.05) is 0 Å². The Labute approximate surface area is 79.6 Å². The van der Waals surface area contributed by atoms with Gasteiger partial charge in [-0.15, -0.1) is 12.4 Å². The number of hydrogen-bond donors (Lipinski definition) is 1. The topological polar surface area (TPSA) is 29.9 Å². The molecule has 0 saturated heterocycles. The van der Waals surface area contributed by atoms with Gasteiger partial charge >= 0.3 is 0 Å². The zero-order valence-corrected chi connectivity index (χ0v) is 8.61. The largest absolute Gasteiger partial charge is 0.316 e. The molecule has 0 bridgehead atoms. The van der Waals surface area contributed by atoms with Gasteiger partial charge in [-0.25, -0.2) is 0 Å². The zero-order chi connectivity index (χ0) is 8.27. The number of rotatable bonds is 3. The average molecular weight is 190 g/mol. The maximum atomic E-state index is 4.23. The van der Waals surface area contributed by atoms with E-state index in [4.69, 9.17) is 0 Å². The minimum Gasteiger partial charge on any atom is -0.316 e. The van der Waals surface area contributed by atoms with Gasteiger partial charge in [0.2, 0.25) is 0 Å². The van der Waals surface area contributed by atoms with Crippen LogP contribution < -0.4 is 5.32 Å². The van der Waals surface area contributed by atoms with E-state index in [2.05, 4.69) is 24.3 Å². The van der Waals surface area contributed by atoms with Crippen molar-refractivity contribution in [2.45, 2.75) is 26.9 Å². The van der Waals surface area contributed by atoms with Gasteiger partial charge in [0.15, 0.2) is 0 Å². The Balaban J connectivity index is 0.00000121. The van der Waals surface area contributed by atoms with Crippen LogP contribution in [0.3, 0.4) is 0 Å². The first-order valence-corrected chi connectivity index (χ1v) is 3.95. The van der Waals surface area contributed by atoms with Crippen LogP contribution in [0.2, 0.25) is 0 Å². The van der Waals surface area contributed by atoms with E-state index in [1.807, 2.05) is 17.9 Å². The molecule has 0 aromatic carbocycles. The predicted molar refractivity (Wildman–Crippen MR) is 52.6 cm³/mol. The van der Waals surface area contributed by atoms with Crippen LogP contribution in [0.15, 0.2) is 6.20 Å². The Morgan fingerprint density at radius 1 is 1.58 bits per heavy atom. The van der Waals surface area contributed by atoms with Crippen LogP contribution in [0.1, 0.15) is 18.2 Å². The van der Waals surface area contributed by atoms with E-state index in [1.165, 1.54) is 11.3 Å². The van der Waals surface area contributed by atoms with Crippen molar-refractivity contribution >= 4 is 12.4 Å². The Hall–Kier alpha value is -0.540. The molecule has 4 heteroatoms. The van der Waals surface area contributed by atoms with Gasteiger partial charge in [-0.05, 0) is 20.9 Å². The van der Waals surface area contributed by atoms with Crippen LogP contribution in [-0.2, 0) is 13.1 Å². The molecular formula is C8H16ClN3. The van der Waals surface area contributed by atoms with Crippen molar-refractivity contribution in [2.75, 3.05) is 7.05 Å². The summed E-state index contributed by atoms with van der Waals surface area (Å²) >= 11 is 0.